The fourth-order valence-electron chi connectivity index (χ4n) is 1.50. The molecule has 0 atom stereocenters. The summed E-state index contributed by atoms with van der Waals surface area (Å²) in [4.78, 5) is 25.5. The molecule has 2 rings (SSSR count). The highest BCUT2D eigenvalue weighted by molar-refractivity contribution is 5.82. The van der Waals surface area contributed by atoms with Gasteiger partial charge in [-0.05, 0) is 12.1 Å². The van der Waals surface area contributed by atoms with E-state index in [1.165, 1.54) is 30.5 Å². The number of benzene rings is 1. The molecule has 1 aromatic heterocycles. The van der Waals surface area contributed by atoms with Crippen LogP contribution in [0, 0.1) is 10.1 Å². The van der Waals surface area contributed by atoms with Crippen LogP contribution in [0.2, 0.25) is 0 Å². The smallest absolute Gasteiger partial charge is 0.277 e. The standard InChI is InChI=1S/C14H12N4O4/c19-14(17-16-9-11-3-2-6-15-8-11)10-22-13-5-1-4-12(7-13)18(20)21/h1-9H,10H2,(H,17,19)/b16-9+. The maximum Gasteiger partial charge on any atom is 0.277 e. The Kier molecular flexibility index (Phi) is 5.14. The Hall–Kier alpha value is -3.29. The Morgan fingerprint density at radius 1 is 1.41 bits per heavy atom. The van der Waals surface area contributed by atoms with Gasteiger partial charge in [0.25, 0.3) is 11.6 Å². The van der Waals surface area contributed by atoms with Crippen LogP contribution in [0.25, 0.3) is 0 Å². The molecule has 8 nitrogen and oxygen atoms in total. The maximum atomic E-state index is 11.5. The van der Waals surface area contributed by atoms with E-state index in [0.717, 1.165) is 5.56 Å². The highest BCUT2D eigenvalue weighted by atomic mass is 16.6. The Labute approximate surface area is 125 Å². The Balaban J connectivity index is 1.82. The average molecular weight is 300 g/mol. The van der Waals surface area contributed by atoms with Gasteiger partial charge >= 0.3 is 0 Å². The zero-order chi connectivity index (χ0) is 15.8. The molecule has 0 saturated heterocycles. The summed E-state index contributed by atoms with van der Waals surface area (Å²) in [6.45, 7) is -0.300. The number of carbonyl (C=O) groups is 1. The van der Waals surface area contributed by atoms with E-state index in [0.29, 0.717) is 0 Å². The SMILES string of the molecule is O=C(COc1cccc([N+](=O)[O-])c1)N/N=C/c1cccnc1. The van der Waals surface area contributed by atoms with Gasteiger partial charge in [-0.3, -0.25) is 19.9 Å². The predicted molar refractivity (Wildman–Crippen MR) is 78.6 cm³/mol. The van der Waals surface area contributed by atoms with Gasteiger partial charge in [-0.1, -0.05) is 12.1 Å². The molecule has 1 aromatic carbocycles. The van der Waals surface area contributed by atoms with Crippen molar-refractivity contribution in [2.45, 2.75) is 0 Å². The van der Waals surface area contributed by atoms with E-state index in [2.05, 4.69) is 15.5 Å². The lowest BCUT2D eigenvalue weighted by molar-refractivity contribution is -0.384. The Morgan fingerprint density at radius 3 is 3.00 bits per heavy atom. The third-order valence-corrected chi connectivity index (χ3v) is 2.49. The van der Waals surface area contributed by atoms with Crippen molar-refractivity contribution in [1.82, 2.24) is 10.4 Å². The zero-order valence-electron chi connectivity index (χ0n) is 11.4. The van der Waals surface area contributed by atoms with Crippen LogP contribution in [0.1, 0.15) is 5.56 Å². The fourth-order valence-corrected chi connectivity index (χ4v) is 1.50. The number of hydrogen-bond acceptors (Lipinski definition) is 6. The van der Waals surface area contributed by atoms with E-state index in [1.807, 2.05) is 0 Å². The van der Waals surface area contributed by atoms with Crippen LogP contribution in [-0.2, 0) is 4.79 Å². The Morgan fingerprint density at radius 2 is 2.27 bits per heavy atom. The molecular weight excluding hydrogens is 288 g/mol. The van der Waals surface area contributed by atoms with Crippen LogP contribution < -0.4 is 10.2 Å². The monoisotopic (exact) mass is 300 g/mol. The highest BCUT2D eigenvalue weighted by Crippen LogP contribution is 2.18. The number of aromatic nitrogens is 1. The first-order chi connectivity index (χ1) is 10.6. The van der Waals surface area contributed by atoms with Gasteiger partial charge in [-0.15, -0.1) is 0 Å². The van der Waals surface area contributed by atoms with E-state index in [4.69, 9.17) is 4.74 Å². The van der Waals surface area contributed by atoms with Crippen LogP contribution in [0.15, 0.2) is 53.9 Å². The van der Waals surface area contributed by atoms with Crippen molar-refractivity contribution in [2.24, 2.45) is 5.10 Å². The quantitative estimate of drug-likeness (QED) is 0.494. The second-order valence-electron chi connectivity index (χ2n) is 4.12. The number of pyridine rings is 1. The van der Waals surface area contributed by atoms with Crippen LogP contribution in [0.5, 0.6) is 5.75 Å². The molecule has 0 aliphatic heterocycles. The largest absolute Gasteiger partial charge is 0.483 e. The maximum absolute atomic E-state index is 11.5. The first-order valence-electron chi connectivity index (χ1n) is 6.24. The molecule has 2 aromatic rings. The number of nitrogens with one attached hydrogen (secondary N) is 1. The number of non-ortho nitro benzene ring substituents is 1. The van der Waals surface area contributed by atoms with Gasteiger partial charge in [-0.25, -0.2) is 5.43 Å². The molecule has 0 spiro atoms. The van der Waals surface area contributed by atoms with Gasteiger partial charge in [0.2, 0.25) is 0 Å². The van der Waals surface area contributed by atoms with Gasteiger partial charge in [-0.2, -0.15) is 5.10 Å². The number of amides is 1. The average Bonchev–Trinajstić information content (AvgIpc) is 2.54. The lowest BCUT2D eigenvalue weighted by Gasteiger charge is -2.04. The molecule has 112 valence electrons. The molecule has 22 heavy (non-hydrogen) atoms. The van der Waals surface area contributed by atoms with Crippen molar-refractivity contribution in [1.29, 1.82) is 0 Å². The molecule has 0 bridgehead atoms. The minimum Gasteiger partial charge on any atom is -0.483 e. The first kappa shape index (κ1) is 15.1. The van der Waals surface area contributed by atoms with Crippen molar-refractivity contribution in [3.63, 3.8) is 0 Å². The summed E-state index contributed by atoms with van der Waals surface area (Å²) in [5.74, 6) is -0.243. The topological polar surface area (TPSA) is 107 Å². The summed E-state index contributed by atoms with van der Waals surface area (Å²) in [6.07, 6.45) is 4.66. The van der Waals surface area contributed by atoms with Gasteiger partial charge in [0.1, 0.15) is 5.75 Å². The lowest BCUT2D eigenvalue weighted by atomic mass is 10.3. The van der Waals surface area contributed by atoms with E-state index >= 15 is 0 Å². The van der Waals surface area contributed by atoms with Crippen molar-refractivity contribution in [2.75, 3.05) is 6.61 Å². The number of nitro groups is 1. The number of nitro benzene ring substituents is 1. The molecule has 8 heteroatoms. The number of carbonyl (C=O) groups excluding carboxylic acids is 1. The second kappa shape index (κ2) is 7.48. The molecule has 1 N–H and O–H groups in total. The molecule has 0 radical (unpaired) electrons. The highest BCUT2D eigenvalue weighted by Gasteiger charge is 2.07. The number of hydrazone groups is 1. The van der Waals surface area contributed by atoms with E-state index in [9.17, 15) is 14.9 Å². The minimum atomic E-state index is -0.537. The predicted octanol–water partition coefficient (Wildman–Crippen LogP) is 1.52. The summed E-state index contributed by atoms with van der Waals surface area (Å²) >= 11 is 0. The van der Waals surface area contributed by atoms with Gasteiger partial charge in [0, 0.05) is 24.0 Å². The van der Waals surface area contributed by atoms with Crippen molar-refractivity contribution >= 4 is 17.8 Å². The number of hydrogen-bond donors (Lipinski definition) is 1. The zero-order valence-corrected chi connectivity index (χ0v) is 11.4. The summed E-state index contributed by atoms with van der Waals surface area (Å²) in [5.41, 5.74) is 2.92. The molecular formula is C14H12N4O4. The van der Waals surface area contributed by atoms with Crippen LogP contribution in [0.4, 0.5) is 5.69 Å². The lowest BCUT2D eigenvalue weighted by Crippen LogP contribution is -2.24. The summed E-state index contributed by atoms with van der Waals surface area (Å²) < 4.78 is 5.16. The molecule has 1 heterocycles. The van der Waals surface area contributed by atoms with Gasteiger partial charge in [0.05, 0.1) is 17.2 Å². The fraction of sp³-hybridized carbons (Fsp3) is 0.0714. The van der Waals surface area contributed by atoms with E-state index in [-0.39, 0.29) is 18.0 Å². The van der Waals surface area contributed by atoms with Gasteiger partial charge < -0.3 is 4.74 Å². The molecule has 0 aliphatic carbocycles. The van der Waals surface area contributed by atoms with Crippen LogP contribution in [-0.4, -0.2) is 28.6 Å². The molecule has 1 amide bonds. The summed E-state index contributed by atoms with van der Waals surface area (Å²) in [5, 5.41) is 14.4. The third kappa shape index (κ3) is 4.67. The molecule has 0 aliphatic rings. The van der Waals surface area contributed by atoms with E-state index < -0.39 is 10.8 Å². The molecule has 0 saturated carbocycles. The summed E-state index contributed by atoms with van der Waals surface area (Å²) in [7, 11) is 0. The number of ether oxygens (including phenoxy) is 1. The number of rotatable bonds is 6. The van der Waals surface area contributed by atoms with Crippen LogP contribution >= 0.6 is 0 Å². The molecule has 0 unspecified atom stereocenters. The Bertz CT molecular complexity index is 688. The third-order valence-electron chi connectivity index (χ3n) is 2.49. The van der Waals surface area contributed by atoms with E-state index in [1.54, 1.807) is 24.5 Å². The normalized spacial score (nSPS) is 10.4. The van der Waals surface area contributed by atoms with Crippen molar-refractivity contribution < 1.29 is 14.5 Å². The first-order valence-corrected chi connectivity index (χ1v) is 6.24. The number of nitrogens with zero attached hydrogens (tertiary/aromatic N) is 3. The van der Waals surface area contributed by atoms with Crippen molar-refractivity contribution in [3.05, 3.63) is 64.5 Å². The van der Waals surface area contributed by atoms with Crippen molar-refractivity contribution in [3.8, 4) is 5.75 Å². The second-order valence-corrected chi connectivity index (χ2v) is 4.12. The van der Waals surface area contributed by atoms with Gasteiger partial charge in [0.15, 0.2) is 6.61 Å². The summed E-state index contributed by atoms with van der Waals surface area (Å²) in [6, 6.07) is 9.11. The van der Waals surface area contributed by atoms with Crippen LogP contribution in [0.3, 0.4) is 0 Å². The minimum absolute atomic E-state index is 0.104. The molecule has 0 fully saturated rings.